The highest BCUT2D eigenvalue weighted by atomic mass is 32.1. The summed E-state index contributed by atoms with van der Waals surface area (Å²) < 4.78 is 0. The molecule has 0 saturated carbocycles. The molecular formula is C4H7NOS. The van der Waals surface area contributed by atoms with E-state index in [4.69, 9.17) is 0 Å². The van der Waals surface area contributed by atoms with Crippen molar-refractivity contribution in [1.29, 1.82) is 0 Å². The highest BCUT2D eigenvalue weighted by molar-refractivity contribution is 7.81. The van der Waals surface area contributed by atoms with Gasteiger partial charge in [-0.3, -0.25) is 4.79 Å². The van der Waals surface area contributed by atoms with E-state index in [0.29, 0.717) is 6.42 Å². The van der Waals surface area contributed by atoms with Crippen LogP contribution in [0, 0.1) is 0 Å². The summed E-state index contributed by atoms with van der Waals surface area (Å²) in [5, 5.41) is 2.91. The predicted octanol–water partition coefficient (Wildman–Crippen LogP) is -0.195. The maximum atomic E-state index is 10.3. The molecule has 1 rings (SSSR count). The molecule has 40 valence electrons. The van der Waals surface area contributed by atoms with Gasteiger partial charge in [-0.25, -0.2) is 0 Å². The van der Waals surface area contributed by atoms with Gasteiger partial charge < -0.3 is 5.32 Å². The molecule has 0 aromatic rings. The fourth-order valence-electron chi connectivity index (χ4n) is 0.590. The Bertz CT molecular complexity index is 93.7. The molecule has 1 aliphatic heterocycles. The molecule has 0 spiro atoms. The molecular weight excluding hydrogens is 110 g/mol. The Balaban J connectivity index is 2.40. The van der Waals surface area contributed by atoms with Crippen molar-refractivity contribution in [2.24, 2.45) is 0 Å². The van der Waals surface area contributed by atoms with E-state index < -0.39 is 0 Å². The van der Waals surface area contributed by atoms with E-state index in [2.05, 4.69) is 17.9 Å². The van der Waals surface area contributed by atoms with Crippen molar-refractivity contribution in [3.63, 3.8) is 0 Å². The normalized spacial score (nSPS) is 30.4. The summed E-state index contributed by atoms with van der Waals surface area (Å²) in [5.74, 6) is 0.125. The summed E-state index contributed by atoms with van der Waals surface area (Å²) >= 11 is 4.07. The van der Waals surface area contributed by atoms with Crippen molar-refractivity contribution in [1.82, 2.24) is 5.32 Å². The fraction of sp³-hybridized carbons (Fsp3) is 0.750. The Morgan fingerprint density at radius 1 is 1.86 bits per heavy atom. The van der Waals surface area contributed by atoms with Crippen molar-refractivity contribution < 1.29 is 4.79 Å². The highest BCUT2D eigenvalue weighted by Crippen LogP contribution is 2.04. The van der Waals surface area contributed by atoms with Crippen LogP contribution >= 0.6 is 12.6 Å². The Kier molecular flexibility index (Phi) is 1.23. The predicted molar refractivity (Wildman–Crippen MR) is 30.4 cm³/mol. The summed E-state index contributed by atoms with van der Waals surface area (Å²) in [6, 6.07) is 0. The molecule has 1 aliphatic rings. The number of hydrogen-bond acceptors (Lipinski definition) is 2. The third kappa shape index (κ3) is 1.09. The third-order valence-corrected chi connectivity index (χ3v) is 1.32. The smallest absolute Gasteiger partial charge is 0.221 e. The van der Waals surface area contributed by atoms with Gasteiger partial charge in [0, 0.05) is 18.2 Å². The minimum atomic E-state index is 0.125. The van der Waals surface area contributed by atoms with Gasteiger partial charge in [0.1, 0.15) is 0 Å². The lowest BCUT2D eigenvalue weighted by molar-refractivity contribution is -0.119. The number of amides is 1. The Hall–Kier alpha value is -0.180. The van der Waals surface area contributed by atoms with Gasteiger partial charge >= 0.3 is 0 Å². The maximum absolute atomic E-state index is 10.3. The van der Waals surface area contributed by atoms with Crippen LogP contribution in [0.15, 0.2) is 0 Å². The van der Waals surface area contributed by atoms with Crippen LogP contribution in [0.2, 0.25) is 0 Å². The molecule has 0 unspecified atom stereocenters. The van der Waals surface area contributed by atoms with E-state index in [9.17, 15) is 4.79 Å². The first-order valence-electron chi connectivity index (χ1n) is 2.24. The molecule has 7 heavy (non-hydrogen) atoms. The van der Waals surface area contributed by atoms with Gasteiger partial charge in [-0.2, -0.15) is 12.6 Å². The fourth-order valence-corrected chi connectivity index (χ4v) is 0.847. The Morgan fingerprint density at radius 2 is 2.57 bits per heavy atom. The molecule has 0 radical (unpaired) electrons. The number of carbonyl (C=O) groups is 1. The van der Waals surface area contributed by atoms with Crippen molar-refractivity contribution in [2.45, 2.75) is 11.7 Å². The number of thiol groups is 1. The van der Waals surface area contributed by atoms with E-state index in [0.717, 1.165) is 6.54 Å². The lowest BCUT2D eigenvalue weighted by Gasteiger charge is -1.88. The number of rotatable bonds is 0. The largest absolute Gasteiger partial charge is 0.355 e. The van der Waals surface area contributed by atoms with E-state index in [1.165, 1.54) is 0 Å². The first kappa shape index (κ1) is 4.97. The van der Waals surface area contributed by atoms with Crippen LogP contribution in [0.25, 0.3) is 0 Å². The molecule has 2 nitrogen and oxygen atoms in total. The van der Waals surface area contributed by atoms with Gasteiger partial charge in [0.15, 0.2) is 0 Å². The molecule has 1 N–H and O–H groups in total. The van der Waals surface area contributed by atoms with Crippen LogP contribution in [-0.2, 0) is 4.79 Å². The minimum Gasteiger partial charge on any atom is -0.355 e. The molecule has 1 amide bonds. The molecule has 1 atom stereocenters. The zero-order valence-electron chi connectivity index (χ0n) is 3.85. The standard InChI is InChI=1S/C4H7NOS/c6-4-1-3(7)2-5-4/h3,7H,1-2H2,(H,5,6)/t3-/m0/s1. The SMILES string of the molecule is O=C1C[C@H](S)CN1. The molecule has 0 aromatic carbocycles. The van der Waals surface area contributed by atoms with Crippen molar-refractivity contribution in [2.75, 3.05) is 6.54 Å². The van der Waals surface area contributed by atoms with Gasteiger partial charge in [-0.15, -0.1) is 0 Å². The molecule has 1 heterocycles. The van der Waals surface area contributed by atoms with Crippen molar-refractivity contribution in [3.8, 4) is 0 Å². The number of carbonyl (C=O) groups excluding carboxylic acids is 1. The van der Waals surface area contributed by atoms with Gasteiger partial charge in [0.05, 0.1) is 0 Å². The lowest BCUT2D eigenvalue weighted by Crippen LogP contribution is -2.13. The molecule has 0 bridgehead atoms. The van der Waals surface area contributed by atoms with E-state index in [1.807, 2.05) is 0 Å². The van der Waals surface area contributed by atoms with Gasteiger partial charge in [0.2, 0.25) is 5.91 Å². The average Bonchev–Trinajstić information content (AvgIpc) is 1.87. The van der Waals surface area contributed by atoms with Crippen LogP contribution in [0.1, 0.15) is 6.42 Å². The zero-order chi connectivity index (χ0) is 5.28. The molecule has 0 aliphatic carbocycles. The van der Waals surface area contributed by atoms with Crippen LogP contribution in [0.4, 0.5) is 0 Å². The average molecular weight is 117 g/mol. The monoisotopic (exact) mass is 117 g/mol. The molecule has 1 saturated heterocycles. The minimum absolute atomic E-state index is 0.125. The van der Waals surface area contributed by atoms with Crippen LogP contribution in [0.5, 0.6) is 0 Å². The third-order valence-electron chi connectivity index (χ3n) is 0.956. The lowest BCUT2D eigenvalue weighted by atomic mass is 10.4. The van der Waals surface area contributed by atoms with Gasteiger partial charge in [-0.1, -0.05) is 0 Å². The summed E-state index contributed by atoms with van der Waals surface area (Å²) in [4.78, 5) is 10.3. The number of nitrogens with one attached hydrogen (secondary N) is 1. The number of hydrogen-bond donors (Lipinski definition) is 2. The first-order chi connectivity index (χ1) is 3.29. The Labute approximate surface area is 47.7 Å². The quantitative estimate of drug-likeness (QED) is 0.423. The second-order valence-corrected chi connectivity index (χ2v) is 2.39. The second kappa shape index (κ2) is 1.74. The highest BCUT2D eigenvalue weighted by Gasteiger charge is 2.16. The summed E-state index contributed by atoms with van der Waals surface area (Å²) in [7, 11) is 0. The zero-order valence-corrected chi connectivity index (χ0v) is 4.74. The van der Waals surface area contributed by atoms with E-state index in [1.54, 1.807) is 0 Å². The summed E-state index contributed by atoms with van der Waals surface area (Å²) in [6.45, 7) is 0.738. The van der Waals surface area contributed by atoms with Gasteiger partial charge in [-0.05, 0) is 0 Å². The maximum Gasteiger partial charge on any atom is 0.221 e. The molecule has 0 aromatic heterocycles. The summed E-state index contributed by atoms with van der Waals surface area (Å²) in [5.41, 5.74) is 0. The molecule has 3 heteroatoms. The summed E-state index contributed by atoms with van der Waals surface area (Å²) in [6.07, 6.45) is 0.586. The van der Waals surface area contributed by atoms with Crippen molar-refractivity contribution >= 4 is 18.5 Å². The van der Waals surface area contributed by atoms with E-state index in [-0.39, 0.29) is 11.2 Å². The molecule has 1 fully saturated rings. The Morgan fingerprint density at radius 3 is 2.71 bits per heavy atom. The van der Waals surface area contributed by atoms with Crippen molar-refractivity contribution in [3.05, 3.63) is 0 Å². The first-order valence-corrected chi connectivity index (χ1v) is 2.75. The van der Waals surface area contributed by atoms with Gasteiger partial charge in [0.25, 0.3) is 0 Å². The van der Waals surface area contributed by atoms with Crippen LogP contribution < -0.4 is 5.32 Å². The van der Waals surface area contributed by atoms with E-state index >= 15 is 0 Å². The topological polar surface area (TPSA) is 29.1 Å². The second-order valence-electron chi connectivity index (χ2n) is 1.66. The van der Waals surface area contributed by atoms with Crippen LogP contribution in [0.3, 0.4) is 0 Å². The van der Waals surface area contributed by atoms with Crippen LogP contribution in [-0.4, -0.2) is 17.7 Å².